The summed E-state index contributed by atoms with van der Waals surface area (Å²) in [5.41, 5.74) is -5.10. The van der Waals surface area contributed by atoms with Crippen molar-refractivity contribution in [1.29, 1.82) is 0 Å². The lowest BCUT2D eigenvalue weighted by atomic mass is 9.57. The highest BCUT2D eigenvalue weighted by Gasteiger charge is 2.60. The number of halogens is 2. The molecule has 0 heterocycles. The van der Waals surface area contributed by atoms with Gasteiger partial charge in [-0.1, -0.05) is 13.0 Å². The number of carbonyl (C=O) groups excluding carboxylic acids is 4. The summed E-state index contributed by atoms with van der Waals surface area (Å²) in [4.78, 5) is 51.2. The van der Waals surface area contributed by atoms with E-state index in [-0.39, 0.29) is 0 Å². The zero-order valence-corrected chi connectivity index (χ0v) is 16.8. The van der Waals surface area contributed by atoms with Crippen LogP contribution in [-0.2, 0) is 20.3 Å². The van der Waals surface area contributed by atoms with Crippen LogP contribution in [0.1, 0.15) is 57.0 Å². The number of quaternary nitrogens is 1. The molecule has 1 fully saturated rings. The van der Waals surface area contributed by atoms with Crippen molar-refractivity contribution in [3.63, 3.8) is 0 Å². The Morgan fingerprint density at radius 1 is 1.14 bits per heavy atom. The van der Waals surface area contributed by atoms with Gasteiger partial charge in [-0.25, -0.2) is 14.0 Å². The van der Waals surface area contributed by atoms with Gasteiger partial charge in [0.05, 0.1) is 16.4 Å². The topological polar surface area (TPSA) is 116 Å². The fraction of sp³-hybridized carbons (Fsp3) is 0.500. The van der Waals surface area contributed by atoms with Crippen molar-refractivity contribution >= 4 is 28.8 Å². The monoisotopic (exact) mass is 411 g/mol. The van der Waals surface area contributed by atoms with Crippen molar-refractivity contribution in [3.8, 4) is 0 Å². The minimum Gasteiger partial charge on any atom is -0.595 e. The number of hydrogen-bond donors (Lipinski definition) is 2. The highest BCUT2D eigenvalue weighted by atomic mass is 19.3. The average Bonchev–Trinajstić information content (AvgIpc) is 2.65. The summed E-state index contributed by atoms with van der Waals surface area (Å²) >= 11 is 0. The van der Waals surface area contributed by atoms with E-state index < -0.39 is 74.3 Å². The predicted octanol–water partition coefficient (Wildman–Crippen LogP) is 2.16. The summed E-state index contributed by atoms with van der Waals surface area (Å²) in [6, 6.07) is 2.47. The summed E-state index contributed by atoms with van der Waals surface area (Å²) < 4.78 is 27.9. The maximum atomic E-state index is 14.0. The fourth-order valence-corrected chi connectivity index (χ4v) is 3.61. The van der Waals surface area contributed by atoms with E-state index in [2.05, 4.69) is 0 Å². The van der Waals surface area contributed by atoms with Crippen LogP contribution in [0.3, 0.4) is 0 Å². The lowest BCUT2D eigenvalue weighted by molar-refractivity contribution is -0.991. The molecule has 1 aromatic rings. The van der Waals surface area contributed by atoms with Crippen LogP contribution in [0.5, 0.6) is 0 Å². The first-order valence-electron chi connectivity index (χ1n) is 9.04. The van der Waals surface area contributed by atoms with Gasteiger partial charge in [-0.05, 0) is 33.8 Å². The van der Waals surface area contributed by atoms with Crippen molar-refractivity contribution in [3.05, 3.63) is 34.5 Å². The van der Waals surface area contributed by atoms with Crippen LogP contribution >= 0.6 is 0 Å². The first kappa shape index (κ1) is 22.9. The molecule has 1 aliphatic carbocycles. The molecule has 1 saturated carbocycles. The quantitative estimate of drug-likeness (QED) is 0.436. The minimum absolute atomic E-state index is 0.527. The van der Waals surface area contributed by atoms with Crippen LogP contribution < -0.4 is 5.23 Å². The smallest absolute Gasteiger partial charge is 0.273 e. The van der Waals surface area contributed by atoms with E-state index in [0.29, 0.717) is 6.07 Å². The molecule has 0 aromatic heterocycles. The molecular weight excluding hydrogens is 388 g/mol. The molecular formula is C20H23F2NO6. The van der Waals surface area contributed by atoms with E-state index in [1.54, 1.807) is 0 Å². The lowest BCUT2D eigenvalue weighted by Gasteiger charge is -2.40. The second-order valence-corrected chi connectivity index (χ2v) is 8.23. The van der Waals surface area contributed by atoms with Crippen molar-refractivity contribution in [2.75, 3.05) is 0 Å². The third-order valence-electron chi connectivity index (χ3n) is 5.54. The molecule has 29 heavy (non-hydrogen) atoms. The number of benzene rings is 1. The zero-order valence-electron chi connectivity index (χ0n) is 16.8. The van der Waals surface area contributed by atoms with E-state index in [1.165, 1.54) is 34.6 Å². The SMILES string of the molecule is CCC(F)(F)c1ccc(C(=O)C2C(=O)C(C)(C)C(=O)C(C)(C)C2=O)c([NH+]([O-])O)c1. The van der Waals surface area contributed by atoms with Gasteiger partial charge in [0.2, 0.25) is 0 Å². The highest BCUT2D eigenvalue weighted by molar-refractivity contribution is 6.37. The summed E-state index contributed by atoms with van der Waals surface area (Å²) in [6.45, 7) is 6.43. The first-order chi connectivity index (χ1) is 13.1. The molecule has 0 spiro atoms. The molecule has 1 aromatic carbocycles. The molecule has 0 aliphatic heterocycles. The molecule has 1 atom stereocenters. The van der Waals surface area contributed by atoms with Crippen LogP contribution in [0.15, 0.2) is 18.2 Å². The Morgan fingerprint density at radius 2 is 1.62 bits per heavy atom. The Balaban J connectivity index is 2.63. The van der Waals surface area contributed by atoms with E-state index >= 15 is 0 Å². The van der Waals surface area contributed by atoms with Crippen molar-refractivity contribution < 1.29 is 38.4 Å². The van der Waals surface area contributed by atoms with Gasteiger partial charge in [0, 0.05) is 18.1 Å². The van der Waals surface area contributed by atoms with Gasteiger partial charge >= 0.3 is 0 Å². The lowest BCUT2D eigenvalue weighted by Crippen LogP contribution is -2.99. The molecule has 0 amide bonds. The second-order valence-electron chi connectivity index (χ2n) is 8.23. The first-order valence-corrected chi connectivity index (χ1v) is 9.04. The Labute approximate surface area is 166 Å². The third kappa shape index (κ3) is 3.54. The molecule has 0 radical (unpaired) electrons. The number of alkyl halides is 2. The molecule has 158 valence electrons. The van der Waals surface area contributed by atoms with Crippen LogP contribution in [0, 0.1) is 22.0 Å². The standard InChI is InChI=1S/C20H23F2NO6/c1-6-20(21,22)10-7-8-11(12(9-10)23(28)29)14(24)13-15(25)18(2,3)17(27)19(4,5)16(13)26/h7-9,13,23,28H,6H2,1-5H3. The van der Waals surface area contributed by atoms with Gasteiger partial charge < -0.3 is 5.21 Å². The molecule has 0 saturated heterocycles. The van der Waals surface area contributed by atoms with E-state index in [9.17, 15) is 38.4 Å². The largest absolute Gasteiger partial charge is 0.595 e. The molecule has 9 heteroatoms. The Morgan fingerprint density at radius 3 is 2.03 bits per heavy atom. The van der Waals surface area contributed by atoms with Gasteiger partial charge in [-0.2, -0.15) is 5.23 Å². The minimum atomic E-state index is -3.31. The summed E-state index contributed by atoms with van der Waals surface area (Å²) in [5, 5.41) is 19.4. The van der Waals surface area contributed by atoms with E-state index in [4.69, 9.17) is 0 Å². The van der Waals surface area contributed by atoms with Gasteiger partial charge in [0.1, 0.15) is 5.92 Å². The van der Waals surface area contributed by atoms with Gasteiger partial charge in [-0.15, -0.1) is 0 Å². The van der Waals surface area contributed by atoms with Crippen LogP contribution in [-0.4, -0.2) is 28.3 Å². The van der Waals surface area contributed by atoms with Gasteiger partial charge in [0.25, 0.3) is 5.92 Å². The van der Waals surface area contributed by atoms with Crippen LogP contribution in [0.25, 0.3) is 0 Å². The number of nitrogens with one attached hydrogen (secondary N) is 1. The van der Waals surface area contributed by atoms with Crippen molar-refractivity contribution in [2.24, 2.45) is 16.7 Å². The number of carbonyl (C=O) groups is 4. The molecule has 1 aliphatic rings. The molecule has 7 nitrogen and oxygen atoms in total. The maximum Gasteiger partial charge on any atom is 0.273 e. The molecule has 1 unspecified atom stereocenters. The van der Waals surface area contributed by atoms with Gasteiger partial charge in [-0.3, -0.25) is 19.2 Å². The fourth-order valence-electron chi connectivity index (χ4n) is 3.61. The summed E-state index contributed by atoms with van der Waals surface area (Å²) in [7, 11) is 0. The third-order valence-corrected chi connectivity index (χ3v) is 5.54. The highest BCUT2D eigenvalue weighted by Crippen LogP contribution is 2.42. The van der Waals surface area contributed by atoms with E-state index in [0.717, 1.165) is 12.1 Å². The Kier molecular flexibility index (Phi) is 5.66. The Bertz CT molecular complexity index is 874. The Hall–Kier alpha value is -2.36. The molecule has 2 N–H and O–H groups in total. The predicted molar refractivity (Wildman–Crippen MR) is 96.8 cm³/mol. The van der Waals surface area contributed by atoms with Crippen molar-refractivity contribution in [1.82, 2.24) is 0 Å². The average molecular weight is 411 g/mol. The van der Waals surface area contributed by atoms with Crippen LogP contribution in [0.4, 0.5) is 14.5 Å². The van der Waals surface area contributed by atoms with Gasteiger partial charge in [0.15, 0.2) is 28.8 Å². The molecule has 2 rings (SSSR count). The number of ketones is 4. The van der Waals surface area contributed by atoms with Crippen LogP contribution in [0.2, 0.25) is 0 Å². The number of Topliss-reactive ketones (excluding diaryl/α,β-unsaturated/α-hetero) is 4. The second kappa shape index (κ2) is 7.16. The zero-order chi connectivity index (χ0) is 22.5. The van der Waals surface area contributed by atoms with E-state index in [1.807, 2.05) is 0 Å². The number of hydrogen-bond acceptors (Lipinski definition) is 6. The number of rotatable bonds is 5. The van der Waals surface area contributed by atoms with Crippen molar-refractivity contribution in [2.45, 2.75) is 47.0 Å². The maximum absolute atomic E-state index is 14.0. The summed E-state index contributed by atoms with van der Waals surface area (Å²) in [5.74, 6) is -8.81. The summed E-state index contributed by atoms with van der Waals surface area (Å²) in [6.07, 6.45) is -0.580. The molecule has 0 bridgehead atoms. The normalized spacial score (nSPS) is 20.7.